The number of carbonyl (C=O) groups excluding carboxylic acids is 2. The first-order chi connectivity index (χ1) is 19.3. The van der Waals surface area contributed by atoms with Crippen LogP contribution in [0.4, 0.5) is 4.79 Å². The van der Waals surface area contributed by atoms with Crippen molar-refractivity contribution < 1.29 is 29.7 Å². The fourth-order valence-electron chi connectivity index (χ4n) is 4.84. The molecule has 3 aromatic rings. The van der Waals surface area contributed by atoms with Crippen LogP contribution in [0.5, 0.6) is 0 Å². The van der Waals surface area contributed by atoms with E-state index in [1.807, 2.05) is 60.7 Å². The highest BCUT2D eigenvalue weighted by Gasteiger charge is 2.35. The highest BCUT2D eigenvalue weighted by atomic mass is 16.4. The Balaban J connectivity index is 1.39. The molecule has 210 valence electrons. The van der Waals surface area contributed by atoms with Crippen LogP contribution in [0.2, 0.25) is 0 Å². The number of nitrogens with one attached hydrogen (secondary N) is 4. The molecule has 0 fully saturated rings. The standard InChI is InChI=1S/C30H34N4O6/c35-25(17-31-18-26(36)24(33-30(39)40)16-20-11-5-2-6-12-20)23(15-19-9-3-1-4-10-19)32-29(38)27-21-13-7-8-14-22(21)28(37)34-27/h1-14,23-27,31,33,35-36H,15-18H2,(H,32,38)(H,34,37)(H,39,40). The van der Waals surface area contributed by atoms with Crippen LogP contribution in [-0.4, -0.2) is 70.6 Å². The summed E-state index contributed by atoms with van der Waals surface area (Å²) in [6.45, 7) is 0.0283. The predicted octanol–water partition coefficient (Wildman–Crippen LogP) is 1.39. The van der Waals surface area contributed by atoms with E-state index in [2.05, 4.69) is 21.3 Å². The molecule has 40 heavy (non-hydrogen) atoms. The molecule has 0 aromatic heterocycles. The molecule has 0 radical (unpaired) electrons. The van der Waals surface area contributed by atoms with Crippen molar-refractivity contribution in [2.24, 2.45) is 0 Å². The van der Waals surface area contributed by atoms with Gasteiger partial charge in [0.15, 0.2) is 0 Å². The third-order valence-electron chi connectivity index (χ3n) is 6.92. The molecule has 5 atom stereocenters. The summed E-state index contributed by atoms with van der Waals surface area (Å²) in [7, 11) is 0. The second-order valence-corrected chi connectivity index (χ2v) is 9.84. The second-order valence-electron chi connectivity index (χ2n) is 9.84. The summed E-state index contributed by atoms with van der Waals surface area (Å²) >= 11 is 0. The van der Waals surface area contributed by atoms with Gasteiger partial charge in [-0.25, -0.2) is 4.79 Å². The molecule has 3 amide bonds. The lowest BCUT2D eigenvalue weighted by Gasteiger charge is -2.28. The summed E-state index contributed by atoms with van der Waals surface area (Å²) < 4.78 is 0. The molecule has 1 aliphatic rings. The molecule has 4 rings (SSSR count). The Hall–Kier alpha value is -4.25. The molecule has 3 aromatic carbocycles. The zero-order valence-electron chi connectivity index (χ0n) is 21.9. The van der Waals surface area contributed by atoms with Crippen molar-refractivity contribution in [1.82, 2.24) is 21.3 Å². The number of amides is 3. The minimum atomic E-state index is -1.24. The van der Waals surface area contributed by atoms with E-state index >= 15 is 0 Å². The molecule has 10 heteroatoms. The zero-order chi connectivity index (χ0) is 28.5. The minimum absolute atomic E-state index is 0.00685. The third kappa shape index (κ3) is 7.66. The molecule has 5 unspecified atom stereocenters. The van der Waals surface area contributed by atoms with E-state index in [4.69, 9.17) is 0 Å². The summed E-state index contributed by atoms with van der Waals surface area (Å²) in [5.41, 5.74) is 2.79. The van der Waals surface area contributed by atoms with Gasteiger partial charge in [0, 0.05) is 18.7 Å². The Bertz CT molecular complexity index is 1290. The SMILES string of the molecule is O=C(O)NC(Cc1ccccc1)C(O)CNCC(O)C(Cc1ccccc1)NC(=O)C1NC(=O)c2ccccc21. The van der Waals surface area contributed by atoms with Crippen LogP contribution in [-0.2, 0) is 17.6 Å². The molecule has 0 spiro atoms. The van der Waals surface area contributed by atoms with Gasteiger partial charge in [-0.3, -0.25) is 9.59 Å². The summed E-state index contributed by atoms with van der Waals surface area (Å²) in [6.07, 6.45) is -2.75. The van der Waals surface area contributed by atoms with Crippen molar-refractivity contribution in [2.45, 2.75) is 43.2 Å². The van der Waals surface area contributed by atoms with Gasteiger partial charge in [0.05, 0.1) is 24.3 Å². The fourth-order valence-corrected chi connectivity index (χ4v) is 4.84. The van der Waals surface area contributed by atoms with E-state index in [1.54, 1.807) is 24.3 Å². The van der Waals surface area contributed by atoms with Gasteiger partial charge in [-0.05, 0) is 35.6 Å². The van der Waals surface area contributed by atoms with E-state index in [1.165, 1.54) is 0 Å². The first-order valence-electron chi connectivity index (χ1n) is 13.2. The number of benzene rings is 3. The van der Waals surface area contributed by atoms with Gasteiger partial charge >= 0.3 is 6.09 Å². The summed E-state index contributed by atoms with van der Waals surface area (Å²) in [6, 6.07) is 23.1. The average molecular weight is 547 g/mol. The Morgan fingerprint density at radius 1 is 0.750 bits per heavy atom. The van der Waals surface area contributed by atoms with Crippen LogP contribution in [0.15, 0.2) is 84.9 Å². The first kappa shape index (κ1) is 28.8. The summed E-state index contributed by atoms with van der Waals surface area (Å²) in [4.78, 5) is 36.9. The van der Waals surface area contributed by atoms with Gasteiger partial charge in [-0.1, -0.05) is 78.9 Å². The molecule has 1 heterocycles. The molecule has 0 saturated carbocycles. The molecule has 0 bridgehead atoms. The number of aliphatic hydroxyl groups excluding tert-OH is 2. The maximum atomic E-state index is 13.2. The predicted molar refractivity (Wildman–Crippen MR) is 149 cm³/mol. The Morgan fingerprint density at radius 2 is 1.25 bits per heavy atom. The van der Waals surface area contributed by atoms with Crippen LogP contribution < -0.4 is 21.3 Å². The molecule has 0 saturated heterocycles. The molecule has 7 N–H and O–H groups in total. The van der Waals surface area contributed by atoms with Gasteiger partial charge in [0.1, 0.15) is 6.04 Å². The Morgan fingerprint density at radius 3 is 1.80 bits per heavy atom. The number of aliphatic hydroxyl groups is 2. The highest BCUT2D eigenvalue weighted by Crippen LogP contribution is 2.25. The number of hydrogen-bond donors (Lipinski definition) is 7. The molecule has 0 aliphatic carbocycles. The number of carbonyl (C=O) groups is 3. The lowest BCUT2D eigenvalue weighted by Crippen LogP contribution is -2.53. The largest absolute Gasteiger partial charge is 0.465 e. The van der Waals surface area contributed by atoms with E-state index in [-0.39, 0.29) is 19.0 Å². The van der Waals surface area contributed by atoms with Crippen LogP contribution in [0.3, 0.4) is 0 Å². The normalized spacial score (nSPS) is 17.1. The van der Waals surface area contributed by atoms with E-state index in [9.17, 15) is 29.7 Å². The van der Waals surface area contributed by atoms with Gasteiger partial charge in [-0.15, -0.1) is 0 Å². The molecular formula is C30H34N4O6. The van der Waals surface area contributed by atoms with Crippen molar-refractivity contribution in [3.63, 3.8) is 0 Å². The number of carboxylic acid groups (broad SMARTS) is 1. The van der Waals surface area contributed by atoms with E-state index in [0.29, 0.717) is 24.0 Å². The van der Waals surface area contributed by atoms with Crippen LogP contribution in [0.25, 0.3) is 0 Å². The molecule has 1 aliphatic heterocycles. The van der Waals surface area contributed by atoms with Crippen molar-refractivity contribution in [2.75, 3.05) is 13.1 Å². The van der Waals surface area contributed by atoms with Crippen molar-refractivity contribution in [1.29, 1.82) is 0 Å². The topological polar surface area (TPSA) is 160 Å². The molecule has 10 nitrogen and oxygen atoms in total. The first-order valence-corrected chi connectivity index (χ1v) is 13.2. The number of fused-ring (bicyclic) bond motifs is 1. The Labute approximate surface area is 232 Å². The molecular weight excluding hydrogens is 512 g/mol. The lowest BCUT2D eigenvalue weighted by atomic mass is 9.99. The van der Waals surface area contributed by atoms with Crippen molar-refractivity contribution in [3.8, 4) is 0 Å². The Kier molecular flexibility index (Phi) is 9.85. The van der Waals surface area contributed by atoms with Crippen LogP contribution in [0, 0.1) is 0 Å². The number of rotatable bonds is 13. The zero-order valence-corrected chi connectivity index (χ0v) is 21.9. The van der Waals surface area contributed by atoms with Crippen LogP contribution >= 0.6 is 0 Å². The second kappa shape index (κ2) is 13.7. The van der Waals surface area contributed by atoms with Crippen LogP contribution in [0.1, 0.15) is 33.1 Å². The lowest BCUT2D eigenvalue weighted by molar-refractivity contribution is -0.124. The maximum Gasteiger partial charge on any atom is 0.404 e. The number of hydrogen-bond acceptors (Lipinski definition) is 6. The minimum Gasteiger partial charge on any atom is -0.465 e. The van der Waals surface area contributed by atoms with Crippen molar-refractivity contribution in [3.05, 3.63) is 107 Å². The van der Waals surface area contributed by atoms with Gasteiger partial charge in [-0.2, -0.15) is 0 Å². The average Bonchev–Trinajstić information content (AvgIpc) is 3.29. The summed E-state index contributed by atoms with van der Waals surface area (Å²) in [5.74, 6) is -0.765. The third-order valence-corrected chi connectivity index (χ3v) is 6.92. The van der Waals surface area contributed by atoms with Gasteiger partial charge < -0.3 is 36.6 Å². The fraction of sp³-hybridized carbons (Fsp3) is 0.300. The van der Waals surface area contributed by atoms with Crippen molar-refractivity contribution >= 4 is 17.9 Å². The quantitative estimate of drug-likeness (QED) is 0.171. The smallest absolute Gasteiger partial charge is 0.404 e. The maximum absolute atomic E-state index is 13.2. The van der Waals surface area contributed by atoms with E-state index < -0.39 is 42.3 Å². The van der Waals surface area contributed by atoms with Gasteiger partial charge in [0.25, 0.3) is 5.91 Å². The van der Waals surface area contributed by atoms with E-state index in [0.717, 1.165) is 11.1 Å². The summed E-state index contributed by atoms with van der Waals surface area (Å²) in [5, 5.41) is 42.0. The van der Waals surface area contributed by atoms with Gasteiger partial charge in [0.2, 0.25) is 5.91 Å². The monoisotopic (exact) mass is 546 g/mol. The highest BCUT2D eigenvalue weighted by molar-refractivity contribution is 6.04.